The van der Waals surface area contributed by atoms with Crippen LogP contribution < -0.4 is 4.90 Å². The number of aliphatic hydroxyl groups is 1. The highest BCUT2D eigenvalue weighted by Gasteiger charge is 2.77. The highest BCUT2D eigenvalue weighted by molar-refractivity contribution is 9.09. The van der Waals surface area contributed by atoms with E-state index in [9.17, 15) is 19.5 Å². The highest BCUT2D eigenvalue weighted by Crippen LogP contribution is 2.61. The number of amides is 3. The fourth-order valence-electron chi connectivity index (χ4n) is 7.98. The number of rotatable bonds is 12. The summed E-state index contributed by atoms with van der Waals surface area (Å²) in [4.78, 5) is 48.7. The van der Waals surface area contributed by atoms with Crippen LogP contribution in [-0.2, 0) is 19.1 Å². The lowest BCUT2D eigenvalue weighted by atomic mass is 9.70. The smallest absolute Gasteiger partial charge is 0.249 e. The van der Waals surface area contributed by atoms with Crippen LogP contribution in [0, 0.1) is 17.3 Å². The van der Waals surface area contributed by atoms with Crippen LogP contribution >= 0.6 is 15.9 Å². The number of carbonyl (C=O) groups is 3. The molecule has 7 atom stereocenters. The number of likely N-dealkylation sites (tertiary alicyclic amines) is 1. The molecule has 3 amide bonds. The molecule has 3 aliphatic heterocycles. The number of carbonyl (C=O) groups excluding carboxylic acids is 3. The molecule has 3 heterocycles. The Labute approximate surface area is 265 Å². The van der Waals surface area contributed by atoms with E-state index in [1.807, 2.05) is 51.1 Å². The molecule has 4 rings (SSSR count). The second kappa shape index (κ2) is 12.5. The molecule has 0 aromatic heterocycles. The van der Waals surface area contributed by atoms with Gasteiger partial charge < -0.3 is 24.5 Å². The van der Waals surface area contributed by atoms with Crippen LogP contribution in [0.2, 0.25) is 0 Å². The topological polar surface area (TPSA) is 90.4 Å². The molecule has 43 heavy (non-hydrogen) atoms. The Morgan fingerprint density at radius 1 is 1.14 bits per heavy atom. The monoisotopic (exact) mass is 657 g/mol. The minimum absolute atomic E-state index is 0.0704. The van der Waals surface area contributed by atoms with E-state index in [0.29, 0.717) is 31.5 Å². The zero-order valence-corrected chi connectivity index (χ0v) is 28.0. The number of nitrogens with zero attached hydrogens (tertiary/aromatic N) is 3. The molecular formula is C34H48BrN3O5. The first-order valence-electron chi connectivity index (χ1n) is 15.3. The summed E-state index contributed by atoms with van der Waals surface area (Å²) in [7, 11) is 0. The SMILES string of the molecule is C=CCN(C(=O)[C@H]1[C@H]2C(=O)N([C@@H](CC)CO)C(C(=O)N(CC=C)C(C)(C)CC(C)(C)C)C23CC(Br)[C@@H]1O3)c1ccccc1. The lowest BCUT2D eigenvalue weighted by Crippen LogP contribution is -2.62. The molecule has 3 fully saturated rings. The largest absolute Gasteiger partial charge is 0.394 e. The second-order valence-corrected chi connectivity index (χ2v) is 15.2. The molecule has 1 spiro atoms. The van der Waals surface area contributed by atoms with E-state index in [4.69, 9.17) is 4.74 Å². The minimum atomic E-state index is -1.22. The Bertz CT molecular complexity index is 1230. The van der Waals surface area contributed by atoms with Crippen molar-refractivity contribution in [1.29, 1.82) is 0 Å². The van der Waals surface area contributed by atoms with E-state index in [-0.39, 0.29) is 41.1 Å². The lowest BCUT2D eigenvalue weighted by molar-refractivity contribution is -0.155. The summed E-state index contributed by atoms with van der Waals surface area (Å²) in [5.74, 6) is -2.45. The normalized spacial score (nSPS) is 28.9. The van der Waals surface area contributed by atoms with Crippen molar-refractivity contribution in [3.05, 3.63) is 55.6 Å². The number of para-hydroxylation sites is 1. The van der Waals surface area contributed by atoms with Crippen molar-refractivity contribution in [3.8, 4) is 0 Å². The van der Waals surface area contributed by atoms with Gasteiger partial charge >= 0.3 is 0 Å². The quantitative estimate of drug-likeness (QED) is 0.254. The van der Waals surface area contributed by atoms with Crippen molar-refractivity contribution < 1.29 is 24.2 Å². The van der Waals surface area contributed by atoms with Gasteiger partial charge in [-0.25, -0.2) is 0 Å². The zero-order chi connectivity index (χ0) is 31.9. The van der Waals surface area contributed by atoms with Crippen LogP contribution in [0.15, 0.2) is 55.6 Å². The van der Waals surface area contributed by atoms with Gasteiger partial charge in [0.25, 0.3) is 0 Å². The maximum atomic E-state index is 14.9. The van der Waals surface area contributed by atoms with Gasteiger partial charge in [0.05, 0.1) is 30.6 Å². The number of halogens is 1. The van der Waals surface area contributed by atoms with Crippen LogP contribution in [0.5, 0.6) is 0 Å². The molecule has 1 aromatic rings. The number of hydrogen-bond acceptors (Lipinski definition) is 5. The first-order valence-corrected chi connectivity index (χ1v) is 16.2. The summed E-state index contributed by atoms with van der Waals surface area (Å²) in [6, 6.07) is 7.74. The van der Waals surface area contributed by atoms with Crippen molar-refractivity contribution in [2.45, 2.75) is 95.0 Å². The number of ether oxygens (including phenoxy) is 1. The van der Waals surface area contributed by atoms with Gasteiger partial charge in [0.1, 0.15) is 11.6 Å². The molecule has 3 aliphatic rings. The molecule has 1 aromatic carbocycles. The lowest BCUT2D eigenvalue weighted by Gasteiger charge is -2.46. The number of fused-ring (bicyclic) bond motifs is 1. The third kappa shape index (κ3) is 5.85. The molecule has 3 saturated heterocycles. The van der Waals surface area contributed by atoms with Gasteiger partial charge in [0.2, 0.25) is 17.7 Å². The van der Waals surface area contributed by atoms with Gasteiger partial charge in [-0.1, -0.05) is 74.0 Å². The molecule has 0 saturated carbocycles. The molecule has 0 aliphatic carbocycles. The molecule has 0 radical (unpaired) electrons. The second-order valence-electron chi connectivity index (χ2n) is 14.0. The first-order chi connectivity index (χ1) is 20.2. The van der Waals surface area contributed by atoms with Gasteiger partial charge in [0, 0.05) is 29.1 Å². The molecule has 2 bridgehead atoms. The van der Waals surface area contributed by atoms with Crippen LogP contribution in [0.4, 0.5) is 5.69 Å². The fraction of sp³-hybridized carbons (Fsp3) is 0.618. The average Bonchev–Trinajstić information content (AvgIpc) is 3.53. The van der Waals surface area contributed by atoms with E-state index in [1.54, 1.807) is 26.9 Å². The Morgan fingerprint density at radius 2 is 1.77 bits per heavy atom. The van der Waals surface area contributed by atoms with E-state index in [0.717, 1.165) is 0 Å². The van der Waals surface area contributed by atoms with Gasteiger partial charge in [-0.05, 0) is 50.7 Å². The Balaban J connectivity index is 1.84. The van der Waals surface area contributed by atoms with Crippen molar-refractivity contribution in [1.82, 2.24) is 9.80 Å². The molecular weight excluding hydrogens is 610 g/mol. The summed E-state index contributed by atoms with van der Waals surface area (Å²) in [6.07, 6.45) is 4.36. The zero-order valence-electron chi connectivity index (χ0n) is 26.5. The predicted octanol–water partition coefficient (Wildman–Crippen LogP) is 4.95. The average molecular weight is 659 g/mol. The fourth-order valence-corrected chi connectivity index (χ4v) is 8.92. The van der Waals surface area contributed by atoms with Crippen molar-refractivity contribution in [2.24, 2.45) is 17.3 Å². The molecule has 236 valence electrons. The summed E-state index contributed by atoms with van der Waals surface area (Å²) < 4.78 is 6.77. The third-order valence-electron chi connectivity index (χ3n) is 9.24. The Hall–Kier alpha value is -2.49. The number of benzene rings is 1. The minimum Gasteiger partial charge on any atom is -0.394 e. The van der Waals surface area contributed by atoms with Crippen LogP contribution in [-0.4, -0.2) is 86.5 Å². The summed E-state index contributed by atoms with van der Waals surface area (Å²) in [5, 5.41) is 10.5. The van der Waals surface area contributed by atoms with Gasteiger partial charge in [-0.3, -0.25) is 14.4 Å². The van der Waals surface area contributed by atoms with E-state index in [2.05, 4.69) is 49.9 Å². The molecule has 3 unspecified atom stereocenters. The molecule has 9 heteroatoms. The number of alkyl halides is 1. The Kier molecular flexibility index (Phi) is 9.70. The van der Waals surface area contributed by atoms with Crippen LogP contribution in [0.25, 0.3) is 0 Å². The van der Waals surface area contributed by atoms with Crippen molar-refractivity contribution in [3.63, 3.8) is 0 Å². The van der Waals surface area contributed by atoms with Crippen LogP contribution in [0.1, 0.15) is 60.8 Å². The van der Waals surface area contributed by atoms with E-state index in [1.165, 1.54) is 0 Å². The summed E-state index contributed by atoms with van der Waals surface area (Å²) in [5.41, 5.74) is -1.15. The standard InChI is InChI=1S/C34H48BrN3O5/c1-9-17-36(23-15-13-12-14-16-23)29(40)25-26-30(41)38(22(11-3)20-39)28(34(26)19-24(35)27(25)43-34)31(42)37(18-10-2)33(7,8)21-32(4,5)6/h9-10,12-16,22,24-28,39H,1-2,11,17-21H2,3-8H3/t22-,24?,25-,26-,27-,28?,34?/m0/s1. The molecule has 8 nitrogen and oxygen atoms in total. The summed E-state index contributed by atoms with van der Waals surface area (Å²) >= 11 is 3.78. The highest BCUT2D eigenvalue weighted by atomic mass is 79.9. The van der Waals surface area contributed by atoms with Crippen LogP contribution in [0.3, 0.4) is 0 Å². The maximum Gasteiger partial charge on any atom is 0.249 e. The first kappa shape index (κ1) is 33.4. The third-order valence-corrected chi connectivity index (χ3v) is 10.1. The maximum absolute atomic E-state index is 14.9. The van der Waals surface area contributed by atoms with Gasteiger partial charge in [0.15, 0.2) is 0 Å². The van der Waals surface area contributed by atoms with Crippen molar-refractivity contribution in [2.75, 3.05) is 24.6 Å². The number of hydrogen-bond donors (Lipinski definition) is 1. The van der Waals surface area contributed by atoms with Crippen molar-refractivity contribution >= 4 is 39.3 Å². The van der Waals surface area contributed by atoms with Gasteiger partial charge in [-0.2, -0.15) is 0 Å². The van der Waals surface area contributed by atoms with E-state index < -0.39 is 41.2 Å². The number of anilines is 1. The molecule has 1 N–H and O–H groups in total. The van der Waals surface area contributed by atoms with E-state index >= 15 is 0 Å². The van der Waals surface area contributed by atoms with Gasteiger partial charge in [-0.15, -0.1) is 13.2 Å². The predicted molar refractivity (Wildman–Crippen MR) is 173 cm³/mol. The Morgan fingerprint density at radius 3 is 2.30 bits per heavy atom. The number of aliphatic hydroxyl groups excluding tert-OH is 1. The summed E-state index contributed by atoms with van der Waals surface area (Å²) in [6.45, 7) is 20.4.